The third-order valence-electron chi connectivity index (χ3n) is 6.07. The van der Waals surface area contributed by atoms with Crippen LogP contribution in [0.1, 0.15) is 53.4 Å². The molecule has 1 spiro atoms. The monoisotopic (exact) mass is 195 g/mol. The smallest absolute Gasteiger partial charge is 0.00744 e. The molecule has 0 saturated heterocycles. The second-order valence-electron chi connectivity index (χ2n) is 6.39. The van der Waals surface area contributed by atoms with Crippen LogP contribution in [0.3, 0.4) is 0 Å². The van der Waals surface area contributed by atoms with E-state index in [-0.39, 0.29) is 0 Å². The Balaban J connectivity index is 2.25. The zero-order chi connectivity index (χ0) is 10.6. The Morgan fingerprint density at radius 3 is 2.14 bits per heavy atom. The van der Waals surface area contributed by atoms with Crippen molar-refractivity contribution < 1.29 is 0 Å². The molecule has 1 nitrogen and oxygen atoms in total. The summed E-state index contributed by atoms with van der Waals surface area (Å²) in [7, 11) is 0. The largest absolute Gasteiger partial charge is 0.330 e. The van der Waals surface area contributed by atoms with Crippen molar-refractivity contribution in [3.63, 3.8) is 0 Å². The SMILES string of the molecule is CC1(C)C(C)(C)C12CCCC2CCN. The molecule has 0 aromatic carbocycles. The summed E-state index contributed by atoms with van der Waals surface area (Å²) in [6.45, 7) is 10.7. The molecule has 2 aliphatic rings. The lowest BCUT2D eigenvalue weighted by atomic mass is 9.81. The molecular weight excluding hydrogens is 170 g/mol. The molecule has 0 aliphatic heterocycles. The van der Waals surface area contributed by atoms with E-state index in [2.05, 4.69) is 27.7 Å². The highest BCUT2D eigenvalue weighted by atomic mass is 14.8. The van der Waals surface area contributed by atoms with Gasteiger partial charge < -0.3 is 5.73 Å². The first-order valence-corrected chi connectivity index (χ1v) is 6.12. The molecule has 14 heavy (non-hydrogen) atoms. The molecule has 1 atom stereocenters. The Morgan fingerprint density at radius 2 is 1.71 bits per heavy atom. The highest BCUT2D eigenvalue weighted by molar-refractivity contribution is 5.26. The van der Waals surface area contributed by atoms with Crippen LogP contribution < -0.4 is 5.73 Å². The number of rotatable bonds is 2. The highest BCUT2D eigenvalue weighted by Crippen LogP contribution is 2.85. The van der Waals surface area contributed by atoms with Crippen molar-refractivity contribution in [3.8, 4) is 0 Å². The maximum Gasteiger partial charge on any atom is -0.00744 e. The maximum absolute atomic E-state index is 5.73. The van der Waals surface area contributed by atoms with E-state index in [0.717, 1.165) is 12.5 Å². The third kappa shape index (κ3) is 0.856. The van der Waals surface area contributed by atoms with Gasteiger partial charge in [0, 0.05) is 0 Å². The molecule has 0 radical (unpaired) electrons. The van der Waals surface area contributed by atoms with Gasteiger partial charge in [-0.3, -0.25) is 0 Å². The summed E-state index contributed by atoms with van der Waals surface area (Å²) in [4.78, 5) is 0. The summed E-state index contributed by atoms with van der Waals surface area (Å²) in [6, 6.07) is 0. The molecule has 0 aromatic heterocycles. The number of hydrogen-bond donors (Lipinski definition) is 1. The van der Waals surface area contributed by atoms with Gasteiger partial charge in [0.1, 0.15) is 0 Å². The van der Waals surface area contributed by atoms with Gasteiger partial charge in [0.25, 0.3) is 0 Å². The number of hydrogen-bond acceptors (Lipinski definition) is 1. The van der Waals surface area contributed by atoms with Crippen LogP contribution in [0.5, 0.6) is 0 Å². The summed E-state index contributed by atoms with van der Waals surface area (Å²) >= 11 is 0. The lowest BCUT2D eigenvalue weighted by molar-refractivity contribution is 0.254. The van der Waals surface area contributed by atoms with Crippen molar-refractivity contribution in [2.24, 2.45) is 27.9 Å². The average Bonchev–Trinajstić information content (AvgIpc) is 2.49. The Labute approximate surface area is 88.4 Å². The molecule has 0 amide bonds. The first kappa shape index (κ1) is 10.5. The van der Waals surface area contributed by atoms with Gasteiger partial charge in [-0.25, -0.2) is 0 Å². The summed E-state index contributed by atoms with van der Waals surface area (Å²) in [5, 5.41) is 0. The maximum atomic E-state index is 5.73. The van der Waals surface area contributed by atoms with Crippen LogP contribution in [-0.2, 0) is 0 Å². The molecule has 1 heteroatoms. The molecule has 2 fully saturated rings. The van der Waals surface area contributed by atoms with E-state index >= 15 is 0 Å². The van der Waals surface area contributed by atoms with Crippen LogP contribution in [0.4, 0.5) is 0 Å². The second-order valence-corrected chi connectivity index (χ2v) is 6.39. The average molecular weight is 195 g/mol. The zero-order valence-electron chi connectivity index (χ0n) is 10.2. The molecule has 2 saturated carbocycles. The predicted molar refractivity (Wildman–Crippen MR) is 61.0 cm³/mol. The van der Waals surface area contributed by atoms with Crippen LogP contribution in [0.25, 0.3) is 0 Å². The van der Waals surface area contributed by atoms with Gasteiger partial charge in [-0.15, -0.1) is 0 Å². The van der Waals surface area contributed by atoms with E-state index in [1.165, 1.54) is 25.7 Å². The Kier molecular flexibility index (Phi) is 2.06. The fourth-order valence-electron chi connectivity index (χ4n) is 4.79. The van der Waals surface area contributed by atoms with Crippen molar-refractivity contribution in [2.45, 2.75) is 53.4 Å². The third-order valence-corrected chi connectivity index (χ3v) is 6.07. The van der Waals surface area contributed by atoms with Crippen LogP contribution in [0, 0.1) is 22.2 Å². The fraction of sp³-hybridized carbons (Fsp3) is 1.00. The summed E-state index contributed by atoms with van der Waals surface area (Å²) in [6.07, 6.45) is 5.53. The van der Waals surface area contributed by atoms with Crippen molar-refractivity contribution in [1.29, 1.82) is 0 Å². The number of nitrogens with two attached hydrogens (primary N) is 1. The normalized spacial score (nSPS) is 36.2. The van der Waals surface area contributed by atoms with Crippen molar-refractivity contribution in [1.82, 2.24) is 0 Å². The summed E-state index contributed by atoms with van der Waals surface area (Å²) in [5.74, 6) is 0.900. The molecule has 0 aromatic rings. The van der Waals surface area contributed by atoms with E-state index in [1.807, 2.05) is 0 Å². The lowest BCUT2D eigenvalue weighted by Gasteiger charge is -2.23. The van der Waals surface area contributed by atoms with E-state index in [0.29, 0.717) is 16.2 Å². The first-order valence-electron chi connectivity index (χ1n) is 6.12. The van der Waals surface area contributed by atoms with Gasteiger partial charge in [0.2, 0.25) is 0 Å². The van der Waals surface area contributed by atoms with E-state index < -0.39 is 0 Å². The van der Waals surface area contributed by atoms with Crippen molar-refractivity contribution in [2.75, 3.05) is 6.54 Å². The van der Waals surface area contributed by atoms with Gasteiger partial charge in [-0.05, 0) is 48.0 Å². The molecule has 2 N–H and O–H groups in total. The van der Waals surface area contributed by atoms with Gasteiger partial charge in [-0.1, -0.05) is 34.1 Å². The Bertz CT molecular complexity index is 226. The van der Waals surface area contributed by atoms with Gasteiger partial charge in [-0.2, -0.15) is 0 Å². The van der Waals surface area contributed by atoms with Crippen molar-refractivity contribution in [3.05, 3.63) is 0 Å². The minimum atomic E-state index is 0.538. The van der Waals surface area contributed by atoms with E-state index in [9.17, 15) is 0 Å². The quantitative estimate of drug-likeness (QED) is 0.719. The fourth-order valence-corrected chi connectivity index (χ4v) is 4.79. The molecule has 0 heterocycles. The predicted octanol–water partition coefficient (Wildman–Crippen LogP) is 3.19. The van der Waals surface area contributed by atoms with Gasteiger partial charge >= 0.3 is 0 Å². The van der Waals surface area contributed by atoms with Crippen molar-refractivity contribution >= 4 is 0 Å². The summed E-state index contributed by atoms with van der Waals surface area (Å²) in [5.41, 5.74) is 7.43. The molecular formula is C13H25N. The van der Waals surface area contributed by atoms with Gasteiger partial charge in [0.15, 0.2) is 0 Å². The van der Waals surface area contributed by atoms with E-state index in [1.54, 1.807) is 0 Å². The Morgan fingerprint density at radius 1 is 1.14 bits per heavy atom. The van der Waals surface area contributed by atoms with Gasteiger partial charge in [0.05, 0.1) is 0 Å². The van der Waals surface area contributed by atoms with Crippen LogP contribution in [0.2, 0.25) is 0 Å². The second kappa shape index (κ2) is 2.75. The van der Waals surface area contributed by atoms with Crippen LogP contribution in [-0.4, -0.2) is 6.54 Å². The summed E-state index contributed by atoms with van der Waals surface area (Å²) < 4.78 is 0. The van der Waals surface area contributed by atoms with Crippen LogP contribution in [0.15, 0.2) is 0 Å². The van der Waals surface area contributed by atoms with E-state index in [4.69, 9.17) is 5.73 Å². The standard InChI is InChI=1S/C13H25N/c1-11(2)12(3,4)13(11)8-5-6-10(13)7-9-14/h10H,5-9,14H2,1-4H3. The minimum Gasteiger partial charge on any atom is -0.330 e. The lowest BCUT2D eigenvalue weighted by Crippen LogP contribution is -2.20. The topological polar surface area (TPSA) is 26.0 Å². The minimum absolute atomic E-state index is 0.538. The molecule has 82 valence electrons. The molecule has 2 rings (SSSR count). The molecule has 2 aliphatic carbocycles. The van der Waals surface area contributed by atoms with Crippen LogP contribution >= 0.6 is 0 Å². The zero-order valence-corrected chi connectivity index (χ0v) is 10.2. The first-order chi connectivity index (χ1) is 6.42. The molecule has 0 bridgehead atoms. The molecule has 1 unspecified atom stereocenters. The highest BCUT2D eigenvalue weighted by Gasteiger charge is 2.79. The Hall–Kier alpha value is -0.0400.